The number of amides is 2. The SMILES string of the molecule is C=C(C)c1cccc(C(C)(C)NC(=O)NCCC[Si](OCC)(OCC)OCC)c1. The van der Waals surface area contributed by atoms with Gasteiger partial charge < -0.3 is 23.9 Å². The summed E-state index contributed by atoms with van der Waals surface area (Å²) >= 11 is 0. The molecule has 0 fully saturated rings. The molecule has 0 unspecified atom stereocenters. The molecular formula is C22H38N2O4Si. The van der Waals surface area contributed by atoms with Gasteiger partial charge in [0.1, 0.15) is 0 Å². The van der Waals surface area contributed by atoms with Crippen LogP contribution in [0.5, 0.6) is 0 Å². The molecule has 0 spiro atoms. The summed E-state index contributed by atoms with van der Waals surface area (Å²) < 4.78 is 17.5. The van der Waals surface area contributed by atoms with Gasteiger partial charge in [0.15, 0.2) is 0 Å². The van der Waals surface area contributed by atoms with Gasteiger partial charge in [-0.3, -0.25) is 0 Å². The minimum atomic E-state index is -2.66. The maximum atomic E-state index is 12.4. The van der Waals surface area contributed by atoms with Gasteiger partial charge in [0.05, 0.1) is 5.54 Å². The molecule has 1 rings (SSSR count). The van der Waals surface area contributed by atoms with Gasteiger partial charge in [-0.25, -0.2) is 4.79 Å². The number of hydrogen-bond donors (Lipinski definition) is 2. The van der Waals surface area contributed by atoms with E-state index in [0.717, 1.165) is 23.1 Å². The first-order valence-electron chi connectivity index (χ1n) is 10.4. The third kappa shape index (κ3) is 8.30. The van der Waals surface area contributed by atoms with Crippen LogP contribution in [-0.2, 0) is 18.8 Å². The van der Waals surface area contributed by atoms with Crippen LogP contribution in [-0.4, -0.2) is 41.2 Å². The average Bonchev–Trinajstić information content (AvgIpc) is 2.66. The zero-order valence-corrected chi connectivity index (χ0v) is 19.9. The van der Waals surface area contributed by atoms with E-state index in [9.17, 15) is 4.79 Å². The molecule has 2 amide bonds. The lowest BCUT2D eigenvalue weighted by Crippen LogP contribution is -2.48. The van der Waals surface area contributed by atoms with Gasteiger partial charge >= 0.3 is 14.8 Å². The highest BCUT2D eigenvalue weighted by molar-refractivity contribution is 6.60. The van der Waals surface area contributed by atoms with Crippen molar-refractivity contribution < 1.29 is 18.1 Å². The van der Waals surface area contributed by atoms with E-state index in [-0.39, 0.29) is 6.03 Å². The Kier molecular flexibility index (Phi) is 10.6. The van der Waals surface area contributed by atoms with Crippen molar-refractivity contribution in [2.75, 3.05) is 26.4 Å². The molecule has 0 aliphatic heterocycles. The summed E-state index contributed by atoms with van der Waals surface area (Å²) in [6, 6.07) is 8.56. The molecule has 2 N–H and O–H groups in total. The number of carbonyl (C=O) groups is 1. The average molecular weight is 423 g/mol. The summed E-state index contributed by atoms with van der Waals surface area (Å²) in [4.78, 5) is 12.4. The van der Waals surface area contributed by atoms with E-state index in [1.807, 2.05) is 59.7 Å². The van der Waals surface area contributed by atoms with Crippen molar-refractivity contribution in [3.8, 4) is 0 Å². The molecule has 0 aromatic heterocycles. The molecule has 0 saturated heterocycles. The van der Waals surface area contributed by atoms with Crippen molar-refractivity contribution in [3.63, 3.8) is 0 Å². The topological polar surface area (TPSA) is 68.8 Å². The third-order valence-electron chi connectivity index (χ3n) is 4.54. The second-order valence-corrected chi connectivity index (χ2v) is 10.2. The minimum absolute atomic E-state index is 0.202. The lowest BCUT2D eigenvalue weighted by molar-refractivity contribution is 0.0708. The van der Waals surface area contributed by atoms with E-state index in [2.05, 4.69) is 23.3 Å². The molecular weight excluding hydrogens is 384 g/mol. The van der Waals surface area contributed by atoms with E-state index in [1.54, 1.807) is 0 Å². The molecule has 0 saturated carbocycles. The Morgan fingerprint density at radius 3 is 2.21 bits per heavy atom. The molecule has 0 atom stereocenters. The molecule has 164 valence electrons. The molecule has 6 nitrogen and oxygen atoms in total. The highest BCUT2D eigenvalue weighted by Crippen LogP contribution is 2.23. The number of rotatable bonds is 13. The molecule has 1 aromatic carbocycles. The fraction of sp³-hybridized carbons (Fsp3) is 0.591. The number of allylic oxidation sites excluding steroid dienone is 1. The first-order chi connectivity index (χ1) is 13.7. The Balaban J connectivity index is 2.59. The summed E-state index contributed by atoms with van der Waals surface area (Å²) in [6.07, 6.45) is 0.727. The lowest BCUT2D eigenvalue weighted by atomic mass is 9.92. The summed E-state index contributed by atoms with van der Waals surface area (Å²) in [5.74, 6) is 0. The molecule has 1 aromatic rings. The van der Waals surface area contributed by atoms with Crippen LogP contribution in [0.1, 0.15) is 59.1 Å². The fourth-order valence-corrected chi connectivity index (χ4v) is 5.69. The van der Waals surface area contributed by atoms with E-state index < -0.39 is 14.3 Å². The van der Waals surface area contributed by atoms with Crippen LogP contribution in [0, 0.1) is 0 Å². The minimum Gasteiger partial charge on any atom is -0.374 e. The number of nitrogens with one attached hydrogen (secondary N) is 2. The van der Waals surface area contributed by atoms with Crippen molar-refractivity contribution in [2.45, 2.75) is 59.5 Å². The monoisotopic (exact) mass is 422 g/mol. The summed E-state index contributed by atoms with van der Waals surface area (Å²) in [5.41, 5.74) is 2.60. The van der Waals surface area contributed by atoms with Crippen LogP contribution in [0.3, 0.4) is 0 Å². The normalized spacial score (nSPS) is 11.9. The highest BCUT2D eigenvalue weighted by atomic mass is 28.4. The van der Waals surface area contributed by atoms with Gasteiger partial charge in [-0.05, 0) is 65.2 Å². The van der Waals surface area contributed by atoms with Gasteiger partial charge in [-0.2, -0.15) is 0 Å². The fourth-order valence-electron chi connectivity index (χ4n) is 3.08. The van der Waals surface area contributed by atoms with Crippen LogP contribution in [0.4, 0.5) is 4.79 Å². The third-order valence-corrected chi connectivity index (χ3v) is 7.69. The van der Waals surface area contributed by atoms with Gasteiger partial charge in [0, 0.05) is 32.4 Å². The van der Waals surface area contributed by atoms with E-state index in [1.165, 1.54) is 0 Å². The largest absolute Gasteiger partial charge is 0.500 e. The van der Waals surface area contributed by atoms with Gasteiger partial charge in [0.2, 0.25) is 0 Å². The van der Waals surface area contributed by atoms with Crippen molar-refractivity contribution in [2.24, 2.45) is 0 Å². The zero-order chi connectivity index (χ0) is 21.9. The van der Waals surface area contributed by atoms with Gasteiger partial charge in [-0.1, -0.05) is 30.4 Å². The predicted octanol–water partition coefficient (Wildman–Crippen LogP) is 4.69. The van der Waals surface area contributed by atoms with E-state index >= 15 is 0 Å². The second kappa shape index (κ2) is 12.1. The smallest absolute Gasteiger partial charge is 0.374 e. The summed E-state index contributed by atoms with van der Waals surface area (Å²) in [5, 5.41) is 5.98. The predicted molar refractivity (Wildman–Crippen MR) is 121 cm³/mol. The van der Waals surface area contributed by atoms with Gasteiger partial charge in [0.25, 0.3) is 0 Å². The van der Waals surface area contributed by atoms with Crippen molar-refractivity contribution in [3.05, 3.63) is 42.0 Å². The highest BCUT2D eigenvalue weighted by Gasteiger charge is 2.39. The molecule has 7 heteroatoms. The maximum Gasteiger partial charge on any atom is 0.500 e. The van der Waals surface area contributed by atoms with E-state index in [4.69, 9.17) is 13.3 Å². The summed E-state index contributed by atoms with van der Waals surface area (Å²) in [7, 11) is -2.66. The molecule has 0 aliphatic carbocycles. The maximum absolute atomic E-state index is 12.4. The van der Waals surface area contributed by atoms with Crippen molar-refractivity contribution in [1.29, 1.82) is 0 Å². The van der Waals surface area contributed by atoms with Crippen LogP contribution in [0.2, 0.25) is 6.04 Å². The molecule has 0 heterocycles. The molecule has 0 bridgehead atoms. The van der Waals surface area contributed by atoms with Crippen molar-refractivity contribution >= 4 is 20.4 Å². The van der Waals surface area contributed by atoms with Crippen molar-refractivity contribution in [1.82, 2.24) is 10.6 Å². The van der Waals surface area contributed by atoms with Gasteiger partial charge in [-0.15, -0.1) is 0 Å². The Labute approximate surface area is 177 Å². The van der Waals surface area contributed by atoms with Crippen LogP contribution < -0.4 is 10.6 Å². The first kappa shape index (κ1) is 25.4. The number of hydrogen-bond acceptors (Lipinski definition) is 4. The Bertz CT molecular complexity index is 647. The van der Waals surface area contributed by atoms with Crippen LogP contribution >= 0.6 is 0 Å². The Morgan fingerprint density at radius 2 is 1.69 bits per heavy atom. The number of benzene rings is 1. The Morgan fingerprint density at radius 1 is 1.10 bits per heavy atom. The zero-order valence-electron chi connectivity index (χ0n) is 18.9. The molecule has 29 heavy (non-hydrogen) atoms. The Hall–Kier alpha value is -1.67. The standard InChI is InChI=1S/C22H38N2O4Si/c1-8-26-29(27-9-2,28-10-3)16-12-15-23-21(25)24-22(6,7)20-14-11-13-19(17-20)18(4)5/h11,13-14,17H,4,8-10,12,15-16H2,1-3,5-7H3,(H2,23,24,25). The lowest BCUT2D eigenvalue weighted by Gasteiger charge is -2.29. The molecule has 0 radical (unpaired) electrons. The second-order valence-electron chi connectivity index (χ2n) is 7.45. The van der Waals surface area contributed by atoms with E-state index in [0.29, 0.717) is 32.4 Å². The first-order valence-corrected chi connectivity index (χ1v) is 12.4. The summed E-state index contributed by atoms with van der Waals surface area (Å²) in [6.45, 7) is 17.9. The number of carbonyl (C=O) groups excluding carboxylic acids is 1. The molecule has 0 aliphatic rings. The van der Waals surface area contributed by atoms with Crippen LogP contribution in [0.25, 0.3) is 5.57 Å². The quantitative estimate of drug-likeness (QED) is 0.357. The number of urea groups is 1. The van der Waals surface area contributed by atoms with Crippen LogP contribution in [0.15, 0.2) is 30.8 Å².